The van der Waals surface area contributed by atoms with E-state index in [1.165, 1.54) is 13.4 Å². The van der Waals surface area contributed by atoms with Crippen LogP contribution in [0.15, 0.2) is 6.33 Å². The fourth-order valence-electron chi connectivity index (χ4n) is 1.55. The van der Waals surface area contributed by atoms with E-state index in [4.69, 9.17) is 15.2 Å². The van der Waals surface area contributed by atoms with Crippen molar-refractivity contribution in [2.24, 2.45) is 5.92 Å². The van der Waals surface area contributed by atoms with E-state index in [1.54, 1.807) is 0 Å². The van der Waals surface area contributed by atoms with Crippen molar-refractivity contribution in [2.75, 3.05) is 12.8 Å². The third-order valence-electron chi connectivity index (χ3n) is 2.12. The number of hydrogen-bond acceptors (Lipinski definition) is 5. The molecule has 90 valence electrons. The molecule has 0 saturated carbocycles. The third kappa shape index (κ3) is 3.25. The maximum absolute atomic E-state index is 5.67. The molecule has 0 aliphatic rings. The van der Waals surface area contributed by atoms with E-state index in [0.717, 1.165) is 6.42 Å². The van der Waals surface area contributed by atoms with Gasteiger partial charge in [-0.25, -0.2) is 4.98 Å². The number of rotatable bonds is 5. The predicted molar refractivity (Wildman–Crippen MR) is 62.5 cm³/mol. The minimum Gasteiger partial charge on any atom is -0.489 e. The van der Waals surface area contributed by atoms with Crippen LogP contribution in [0, 0.1) is 5.92 Å². The molecule has 0 aliphatic heterocycles. The molecule has 1 aromatic heterocycles. The highest BCUT2D eigenvalue weighted by molar-refractivity contribution is 5.51. The van der Waals surface area contributed by atoms with Crippen molar-refractivity contribution < 1.29 is 9.47 Å². The van der Waals surface area contributed by atoms with Gasteiger partial charge in [-0.15, -0.1) is 0 Å². The second-order valence-corrected chi connectivity index (χ2v) is 4.16. The van der Waals surface area contributed by atoms with Gasteiger partial charge < -0.3 is 15.2 Å². The Morgan fingerprint density at radius 2 is 2.00 bits per heavy atom. The summed E-state index contributed by atoms with van der Waals surface area (Å²) >= 11 is 0. The number of anilines is 1. The zero-order chi connectivity index (χ0) is 12.1. The molecule has 0 saturated heterocycles. The molecule has 2 N–H and O–H groups in total. The fraction of sp³-hybridized carbons (Fsp3) is 0.636. The number of nitrogens with zero attached hydrogens (tertiary/aromatic N) is 2. The summed E-state index contributed by atoms with van der Waals surface area (Å²) in [6.45, 7) is 6.29. The summed E-state index contributed by atoms with van der Waals surface area (Å²) in [5, 5.41) is 0. The molecule has 0 radical (unpaired) electrons. The van der Waals surface area contributed by atoms with Crippen LogP contribution in [0.5, 0.6) is 11.6 Å². The van der Waals surface area contributed by atoms with Crippen LogP contribution in [-0.4, -0.2) is 23.2 Å². The maximum Gasteiger partial charge on any atom is 0.262 e. The number of ether oxygens (including phenoxy) is 2. The number of hydrogen-bond donors (Lipinski definition) is 1. The fourth-order valence-corrected chi connectivity index (χ4v) is 1.55. The van der Waals surface area contributed by atoms with Crippen LogP contribution in [0.1, 0.15) is 27.2 Å². The van der Waals surface area contributed by atoms with Crippen LogP contribution in [0.3, 0.4) is 0 Å². The molecule has 1 aromatic rings. The van der Waals surface area contributed by atoms with Gasteiger partial charge in [0.2, 0.25) is 5.75 Å². The average molecular weight is 225 g/mol. The SMILES string of the molecule is COc1c(N)ncnc1OC(C)CC(C)C. The molecular weight excluding hydrogens is 206 g/mol. The summed E-state index contributed by atoms with van der Waals surface area (Å²) in [5.74, 6) is 1.67. The van der Waals surface area contributed by atoms with Crippen molar-refractivity contribution in [2.45, 2.75) is 33.3 Å². The first-order valence-electron chi connectivity index (χ1n) is 5.35. The number of aromatic nitrogens is 2. The molecular formula is C11H19N3O2. The molecule has 1 heterocycles. The predicted octanol–water partition coefficient (Wildman–Crippen LogP) is 1.88. The number of nitrogen functional groups attached to an aromatic ring is 1. The van der Waals surface area contributed by atoms with Crippen LogP contribution >= 0.6 is 0 Å². The summed E-state index contributed by atoms with van der Waals surface area (Å²) in [6, 6.07) is 0. The van der Waals surface area contributed by atoms with Gasteiger partial charge in [-0.2, -0.15) is 4.98 Å². The van der Waals surface area contributed by atoms with Gasteiger partial charge in [-0.1, -0.05) is 13.8 Å². The monoisotopic (exact) mass is 225 g/mol. The second kappa shape index (κ2) is 5.53. The van der Waals surface area contributed by atoms with Gasteiger partial charge in [0.25, 0.3) is 5.88 Å². The van der Waals surface area contributed by atoms with Crippen molar-refractivity contribution in [3.05, 3.63) is 6.33 Å². The summed E-state index contributed by atoms with van der Waals surface area (Å²) in [4.78, 5) is 7.86. The second-order valence-electron chi connectivity index (χ2n) is 4.16. The molecule has 1 rings (SSSR count). The van der Waals surface area contributed by atoms with Crippen molar-refractivity contribution in [1.82, 2.24) is 9.97 Å². The highest BCUT2D eigenvalue weighted by Crippen LogP contribution is 2.29. The van der Waals surface area contributed by atoms with Crippen LogP contribution < -0.4 is 15.2 Å². The van der Waals surface area contributed by atoms with E-state index in [0.29, 0.717) is 23.4 Å². The molecule has 1 unspecified atom stereocenters. The molecule has 1 atom stereocenters. The van der Waals surface area contributed by atoms with Crippen LogP contribution in [0.2, 0.25) is 0 Å². The highest BCUT2D eigenvalue weighted by atomic mass is 16.5. The summed E-state index contributed by atoms with van der Waals surface area (Å²) in [7, 11) is 1.52. The molecule has 0 bridgehead atoms. The van der Waals surface area contributed by atoms with E-state index < -0.39 is 0 Å². The Kier molecular flexibility index (Phi) is 4.34. The summed E-state index contributed by atoms with van der Waals surface area (Å²) in [6.07, 6.45) is 2.39. The van der Waals surface area contributed by atoms with E-state index in [9.17, 15) is 0 Å². The standard InChI is InChI=1S/C11H19N3O2/c1-7(2)5-8(3)16-11-9(15-4)10(12)13-6-14-11/h6-8H,5H2,1-4H3,(H2,12,13,14). The van der Waals surface area contributed by atoms with Gasteiger partial charge in [0.1, 0.15) is 6.33 Å². The molecule has 16 heavy (non-hydrogen) atoms. The normalized spacial score (nSPS) is 12.6. The van der Waals surface area contributed by atoms with Crippen LogP contribution in [-0.2, 0) is 0 Å². The summed E-state index contributed by atoms with van der Waals surface area (Å²) in [5.41, 5.74) is 5.65. The minimum absolute atomic E-state index is 0.0724. The topological polar surface area (TPSA) is 70.3 Å². The zero-order valence-electron chi connectivity index (χ0n) is 10.2. The first kappa shape index (κ1) is 12.5. The van der Waals surface area contributed by atoms with Crippen molar-refractivity contribution in [3.8, 4) is 11.6 Å². The van der Waals surface area contributed by atoms with E-state index >= 15 is 0 Å². The zero-order valence-corrected chi connectivity index (χ0v) is 10.2. The summed E-state index contributed by atoms with van der Waals surface area (Å²) < 4.78 is 10.8. The lowest BCUT2D eigenvalue weighted by molar-refractivity contribution is 0.177. The Labute approximate surface area is 96.0 Å². The first-order chi connectivity index (χ1) is 7.54. The highest BCUT2D eigenvalue weighted by Gasteiger charge is 2.14. The third-order valence-corrected chi connectivity index (χ3v) is 2.12. The van der Waals surface area contributed by atoms with Gasteiger partial charge in [-0.05, 0) is 19.3 Å². The van der Waals surface area contributed by atoms with E-state index in [1.807, 2.05) is 6.92 Å². The Morgan fingerprint density at radius 1 is 1.31 bits per heavy atom. The Hall–Kier alpha value is -1.52. The maximum atomic E-state index is 5.67. The lowest BCUT2D eigenvalue weighted by Crippen LogP contribution is -2.16. The molecule has 0 fully saturated rings. The lowest BCUT2D eigenvalue weighted by Gasteiger charge is -2.17. The molecule has 5 heteroatoms. The molecule has 0 aliphatic carbocycles. The van der Waals surface area contributed by atoms with Crippen LogP contribution in [0.25, 0.3) is 0 Å². The van der Waals surface area contributed by atoms with Gasteiger partial charge in [0, 0.05) is 0 Å². The van der Waals surface area contributed by atoms with Gasteiger partial charge in [0.15, 0.2) is 5.82 Å². The Balaban J connectivity index is 2.76. The van der Waals surface area contributed by atoms with Gasteiger partial charge >= 0.3 is 0 Å². The van der Waals surface area contributed by atoms with Crippen molar-refractivity contribution in [1.29, 1.82) is 0 Å². The number of methoxy groups -OCH3 is 1. The Bertz CT molecular complexity index is 342. The van der Waals surface area contributed by atoms with Gasteiger partial charge in [0.05, 0.1) is 13.2 Å². The van der Waals surface area contributed by atoms with Crippen molar-refractivity contribution in [3.63, 3.8) is 0 Å². The Morgan fingerprint density at radius 3 is 2.56 bits per heavy atom. The average Bonchev–Trinajstić information content (AvgIpc) is 2.16. The molecule has 5 nitrogen and oxygen atoms in total. The smallest absolute Gasteiger partial charge is 0.262 e. The minimum atomic E-state index is 0.0724. The molecule has 0 amide bonds. The van der Waals surface area contributed by atoms with Crippen LogP contribution in [0.4, 0.5) is 5.82 Å². The van der Waals surface area contributed by atoms with E-state index in [-0.39, 0.29) is 6.10 Å². The first-order valence-corrected chi connectivity index (χ1v) is 5.35. The largest absolute Gasteiger partial charge is 0.489 e. The lowest BCUT2D eigenvalue weighted by atomic mass is 10.1. The molecule has 0 spiro atoms. The quantitative estimate of drug-likeness (QED) is 0.828. The van der Waals surface area contributed by atoms with E-state index in [2.05, 4.69) is 23.8 Å². The number of nitrogens with two attached hydrogens (primary N) is 1. The van der Waals surface area contributed by atoms with Crippen molar-refractivity contribution >= 4 is 5.82 Å². The van der Waals surface area contributed by atoms with Gasteiger partial charge in [-0.3, -0.25) is 0 Å². The molecule has 0 aromatic carbocycles.